The molecule has 1 atom stereocenters. The van der Waals surface area contributed by atoms with Crippen LogP contribution in [0.15, 0.2) is 71.6 Å². The van der Waals surface area contributed by atoms with Gasteiger partial charge in [0.05, 0.1) is 24.8 Å². The molecule has 1 N–H and O–H groups in total. The lowest BCUT2D eigenvalue weighted by Crippen LogP contribution is -2.54. The first kappa shape index (κ1) is 34.1. The molecule has 45 heavy (non-hydrogen) atoms. The van der Waals surface area contributed by atoms with Gasteiger partial charge in [-0.05, 0) is 68.1 Å². The number of hydrogen-bond donors (Lipinski definition) is 1. The van der Waals surface area contributed by atoms with Crippen LogP contribution in [0.5, 0.6) is 11.5 Å². The van der Waals surface area contributed by atoms with Crippen LogP contribution in [-0.4, -0.2) is 58.0 Å². The van der Waals surface area contributed by atoms with E-state index in [9.17, 15) is 18.0 Å². The topological polar surface area (TPSA) is 105 Å². The van der Waals surface area contributed by atoms with Gasteiger partial charge < -0.3 is 19.7 Å². The first-order chi connectivity index (χ1) is 21.6. The molecule has 0 saturated heterocycles. The van der Waals surface area contributed by atoms with Crippen LogP contribution in [0.4, 0.5) is 5.69 Å². The van der Waals surface area contributed by atoms with Crippen molar-refractivity contribution in [2.75, 3.05) is 25.1 Å². The van der Waals surface area contributed by atoms with E-state index in [0.29, 0.717) is 17.2 Å². The highest BCUT2D eigenvalue weighted by atomic mass is 35.5. The van der Waals surface area contributed by atoms with E-state index in [0.717, 1.165) is 47.5 Å². The molecular weight excluding hydrogens is 614 g/mol. The molecule has 3 aromatic carbocycles. The molecule has 2 amide bonds. The van der Waals surface area contributed by atoms with Gasteiger partial charge >= 0.3 is 0 Å². The number of amides is 2. The number of aryl methyl sites for hydroxylation is 1. The summed E-state index contributed by atoms with van der Waals surface area (Å²) in [6.45, 7) is 3.43. The molecule has 0 aromatic heterocycles. The Balaban J connectivity index is 1.73. The van der Waals surface area contributed by atoms with Gasteiger partial charge in [-0.15, -0.1) is 0 Å². The normalized spacial score (nSPS) is 14.3. The number of rotatable bonds is 13. The van der Waals surface area contributed by atoms with E-state index in [2.05, 4.69) is 5.32 Å². The minimum Gasteiger partial charge on any atom is -0.493 e. The molecule has 1 aliphatic carbocycles. The Morgan fingerprint density at radius 1 is 0.933 bits per heavy atom. The van der Waals surface area contributed by atoms with E-state index in [1.807, 2.05) is 38.1 Å². The second-order valence-corrected chi connectivity index (χ2v) is 13.6. The maximum absolute atomic E-state index is 14.3. The van der Waals surface area contributed by atoms with Crippen molar-refractivity contribution < 1.29 is 27.5 Å². The van der Waals surface area contributed by atoms with E-state index in [1.54, 1.807) is 24.3 Å². The quantitative estimate of drug-likeness (QED) is 0.238. The number of nitrogens with one attached hydrogen (secondary N) is 1. The summed E-state index contributed by atoms with van der Waals surface area (Å²) in [5.74, 6) is -0.150. The van der Waals surface area contributed by atoms with E-state index in [4.69, 9.17) is 21.1 Å². The van der Waals surface area contributed by atoms with E-state index < -0.39 is 28.5 Å². The summed E-state index contributed by atoms with van der Waals surface area (Å²) in [5, 5.41) is 3.58. The number of ether oxygens (including phenoxy) is 2. The van der Waals surface area contributed by atoms with Crippen LogP contribution >= 0.6 is 11.6 Å². The van der Waals surface area contributed by atoms with Crippen LogP contribution in [0.1, 0.15) is 56.6 Å². The van der Waals surface area contributed by atoms with Gasteiger partial charge in [0.25, 0.3) is 10.0 Å². The van der Waals surface area contributed by atoms with Crippen molar-refractivity contribution in [3.8, 4) is 11.5 Å². The van der Waals surface area contributed by atoms with E-state index in [-0.39, 0.29) is 34.8 Å². The summed E-state index contributed by atoms with van der Waals surface area (Å²) < 4.78 is 40.1. The van der Waals surface area contributed by atoms with Crippen LogP contribution in [0, 0.1) is 6.92 Å². The Morgan fingerprint density at radius 2 is 1.58 bits per heavy atom. The second-order valence-electron chi connectivity index (χ2n) is 11.3. The van der Waals surface area contributed by atoms with Crippen molar-refractivity contribution in [3.05, 3.63) is 82.9 Å². The Morgan fingerprint density at radius 3 is 2.18 bits per heavy atom. The predicted octanol–water partition coefficient (Wildman–Crippen LogP) is 6.12. The minimum atomic E-state index is -4.30. The summed E-state index contributed by atoms with van der Waals surface area (Å²) in [5.41, 5.74) is 2.14. The molecule has 11 heteroatoms. The zero-order valence-electron chi connectivity index (χ0n) is 26.3. The summed E-state index contributed by atoms with van der Waals surface area (Å²) >= 11 is 6.14. The monoisotopic (exact) mass is 655 g/mol. The Labute approximate surface area is 271 Å². The van der Waals surface area contributed by atoms with Gasteiger partial charge in [-0.25, -0.2) is 8.42 Å². The smallest absolute Gasteiger partial charge is 0.264 e. The standard InChI is InChI=1S/C34H42ClN3O6S/c1-5-30(34(40)36-27-9-7-6-8-10-27)37(22-25-13-11-24(2)12-14-25)33(39)23-38(28-17-15-26(35)16-18-28)45(41,42)29-19-20-31(43-3)32(21-29)44-4/h11-21,27,30H,5-10,22-23H2,1-4H3,(H,36,40)/t30-/m1/s1. The minimum absolute atomic E-state index is 0.0626. The summed E-state index contributed by atoms with van der Waals surface area (Å²) in [6.07, 6.45) is 5.43. The molecule has 1 saturated carbocycles. The first-order valence-corrected chi connectivity index (χ1v) is 17.0. The van der Waals surface area contributed by atoms with Gasteiger partial charge in [0.2, 0.25) is 11.8 Å². The molecule has 1 aliphatic rings. The molecular formula is C34H42ClN3O6S. The van der Waals surface area contributed by atoms with Crippen LogP contribution in [0.2, 0.25) is 5.02 Å². The average Bonchev–Trinajstić information content (AvgIpc) is 3.04. The van der Waals surface area contributed by atoms with E-state index in [1.165, 1.54) is 37.3 Å². The van der Waals surface area contributed by atoms with Crippen LogP contribution < -0.4 is 19.1 Å². The number of sulfonamides is 1. The molecule has 3 aromatic rings. The van der Waals surface area contributed by atoms with Crippen LogP contribution in [-0.2, 0) is 26.2 Å². The maximum Gasteiger partial charge on any atom is 0.264 e. The second kappa shape index (κ2) is 15.5. The van der Waals surface area contributed by atoms with Crippen molar-refractivity contribution in [2.24, 2.45) is 0 Å². The maximum atomic E-state index is 14.3. The van der Waals surface area contributed by atoms with Gasteiger partial charge in [0.15, 0.2) is 11.5 Å². The number of anilines is 1. The SMILES string of the molecule is CC[C@H](C(=O)NC1CCCCC1)N(Cc1ccc(C)cc1)C(=O)CN(c1ccc(Cl)cc1)S(=O)(=O)c1ccc(OC)c(OC)c1. The van der Waals surface area contributed by atoms with Crippen molar-refractivity contribution in [1.82, 2.24) is 10.2 Å². The van der Waals surface area contributed by atoms with Crippen molar-refractivity contribution in [2.45, 2.75) is 75.9 Å². The fraction of sp³-hybridized carbons (Fsp3) is 0.412. The third-order valence-electron chi connectivity index (χ3n) is 8.15. The lowest BCUT2D eigenvalue weighted by atomic mass is 9.95. The molecule has 9 nitrogen and oxygen atoms in total. The summed E-state index contributed by atoms with van der Waals surface area (Å²) in [7, 11) is -1.42. The van der Waals surface area contributed by atoms with Crippen molar-refractivity contribution in [3.63, 3.8) is 0 Å². The molecule has 4 rings (SSSR count). The molecule has 0 unspecified atom stereocenters. The molecule has 0 bridgehead atoms. The van der Waals surface area contributed by atoms with Crippen molar-refractivity contribution in [1.29, 1.82) is 0 Å². The largest absolute Gasteiger partial charge is 0.493 e. The fourth-order valence-electron chi connectivity index (χ4n) is 5.59. The van der Waals surface area contributed by atoms with Gasteiger partial charge in [0, 0.05) is 23.7 Å². The first-order valence-electron chi connectivity index (χ1n) is 15.2. The number of nitrogens with zero attached hydrogens (tertiary/aromatic N) is 2. The molecule has 1 fully saturated rings. The average molecular weight is 656 g/mol. The fourth-order valence-corrected chi connectivity index (χ4v) is 7.15. The van der Waals surface area contributed by atoms with Crippen LogP contribution in [0.3, 0.4) is 0 Å². The highest BCUT2D eigenvalue weighted by Crippen LogP contribution is 2.33. The third-order valence-corrected chi connectivity index (χ3v) is 10.2. The Kier molecular flexibility index (Phi) is 11.7. The molecule has 0 spiro atoms. The number of hydrogen-bond acceptors (Lipinski definition) is 6. The zero-order chi connectivity index (χ0) is 32.6. The summed E-state index contributed by atoms with van der Waals surface area (Å²) in [4.78, 5) is 29.4. The zero-order valence-corrected chi connectivity index (χ0v) is 27.9. The van der Waals surface area contributed by atoms with Gasteiger partial charge in [-0.3, -0.25) is 13.9 Å². The molecule has 0 aliphatic heterocycles. The molecule has 242 valence electrons. The Hall–Kier alpha value is -3.76. The third kappa shape index (κ3) is 8.49. The number of carbonyl (C=O) groups excluding carboxylic acids is 2. The highest BCUT2D eigenvalue weighted by molar-refractivity contribution is 7.92. The lowest BCUT2D eigenvalue weighted by Gasteiger charge is -2.34. The van der Waals surface area contributed by atoms with Crippen LogP contribution in [0.25, 0.3) is 0 Å². The molecule has 0 heterocycles. The van der Waals surface area contributed by atoms with Gasteiger partial charge in [-0.1, -0.05) is 67.6 Å². The molecule has 0 radical (unpaired) electrons. The number of methoxy groups -OCH3 is 2. The van der Waals surface area contributed by atoms with Crippen molar-refractivity contribution >= 4 is 39.1 Å². The highest BCUT2D eigenvalue weighted by Gasteiger charge is 2.35. The van der Waals surface area contributed by atoms with Gasteiger partial charge in [-0.2, -0.15) is 0 Å². The van der Waals surface area contributed by atoms with E-state index >= 15 is 0 Å². The number of halogens is 1. The number of carbonyl (C=O) groups is 2. The number of benzene rings is 3. The predicted molar refractivity (Wildman–Crippen MR) is 176 cm³/mol. The lowest BCUT2D eigenvalue weighted by molar-refractivity contribution is -0.140. The Bertz CT molecular complexity index is 1560. The van der Waals surface area contributed by atoms with Gasteiger partial charge in [0.1, 0.15) is 12.6 Å². The summed E-state index contributed by atoms with van der Waals surface area (Å²) in [6, 6.07) is 17.5.